The van der Waals surface area contributed by atoms with Gasteiger partial charge in [-0.15, -0.1) is 0 Å². The van der Waals surface area contributed by atoms with Crippen molar-refractivity contribution in [2.75, 3.05) is 12.4 Å². The molecule has 1 aromatic heterocycles. The van der Waals surface area contributed by atoms with Gasteiger partial charge in [0.05, 0.1) is 7.11 Å². The van der Waals surface area contributed by atoms with Crippen LogP contribution >= 0.6 is 11.6 Å². The number of carbonyl (C=O) groups is 1. The van der Waals surface area contributed by atoms with Crippen molar-refractivity contribution in [3.05, 3.63) is 5.28 Å². The Hall–Kier alpha value is -1.63. The number of methoxy groups -OCH3 is 1. The molecule has 0 radical (unpaired) electrons. The van der Waals surface area contributed by atoms with E-state index in [2.05, 4.69) is 20.3 Å². The minimum Gasteiger partial charge on any atom is -0.480 e. The van der Waals surface area contributed by atoms with Crippen LogP contribution in [0.5, 0.6) is 6.01 Å². The molecule has 7 nitrogen and oxygen atoms in total. The molecule has 16 heavy (non-hydrogen) atoms. The first-order chi connectivity index (χ1) is 7.56. The number of carboxylic acid groups (broad SMARTS) is 1. The predicted molar refractivity (Wildman–Crippen MR) is 56.7 cm³/mol. The van der Waals surface area contributed by atoms with Gasteiger partial charge in [-0.1, -0.05) is 6.92 Å². The monoisotopic (exact) mass is 246 g/mol. The molecule has 1 atom stereocenters. The zero-order valence-corrected chi connectivity index (χ0v) is 9.52. The quantitative estimate of drug-likeness (QED) is 0.793. The average Bonchev–Trinajstić information content (AvgIpc) is 2.24. The predicted octanol–water partition coefficient (Wildman–Crippen LogP) is 0.809. The molecular weight excluding hydrogens is 236 g/mol. The molecule has 1 aromatic rings. The molecule has 0 amide bonds. The maximum Gasteiger partial charge on any atom is 0.326 e. The number of aromatic nitrogens is 3. The first-order valence-corrected chi connectivity index (χ1v) is 4.89. The Labute approximate surface area is 96.8 Å². The normalized spacial score (nSPS) is 11.9. The lowest BCUT2D eigenvalue weighted by atomic mass is 10.2. The minimum absolute atomic E-state index is 0.0303. The summed E-state index contributed by atoms with van der Waals surface area (Å²) in [5.41, 5.74) is 0. The topological polar surface area (TPSA) is 97.2 Å². The highest BCUT2D eigenvalue weighted by Gasteiger charge is 2.16. The fourth-order valence-corrected chi connectivity index (χ4v) is 1.13. The summed E-state index contributed by atoms with van der Waals surface area (Å²) in [5, 5.41) is 11.4. The van der Waals surface area contributed by atoms with Crippen LogP contribution in [0.3, 0.4) is 0 Å². The zero-order chi connectivity index (χ0) is 12.1. The van der Waals surface area contributed by atoms with Gasteiger partial charge in [0, 0.05) is 0 Å². The van der Waals surface area contributed by atoms with E-state index >= 15 is 0 Å². The van der Waals surface area contributed by atoms with E-state index in [0.717, 1.165) is 0 Å². The highest BCUT2D eigenvalue weighted by molar-refractivity contribution is 6.28. The molecule has 0 aliphatic rings. The molecule has 0 spiro atoms. The van der Waals surface area contributed by atoms with Gasteiger partial charge in [-0.05, 0) is 18.0 Å². The van der Waals surface area contributed by atoms with Crippen molar-refractivity contribution >= 4 is 23.5 Å². The number of ether oxygens (including phenoxy) is 1. The van der Waals surface area contributed by atoms with Gasteiger partial charge >= 0.3 is 12.0 Å². The summed E-state index contributed by atoms with van der Waals surface area (Å²) in [4.78, 5) is 22.0. The molecule has 2 N–H and O–H groups in total. The van der Waals surface area contributed by atoms with Crippen LogP contribution in [0.1, 0.15) is 13.3 Å². The van der Waals surface area contributed by atoms with E-state index in [1.165, 1.54) is 7.11 Å². The molecule has 1 heterocycles. The maximum absolute atomic E-state index is 10.8. The number of nitrogens with zero attached hydrogens (tertiary/aromatic N) is 3. The Morgan fingerprint density at radius 2 is 2.25 bits per heavy atom. The number of halogens is 1. The third kappa shape index (κ3) is 3.20. The molecule has 8 heteroatoms. The van der Waals surface area contributed by atoms with Crippen molar-refractivity contribution in [3.63, 3.8) is 0 Å². The van der Waals surface area contributed by atoms with Gasteiger partial charge in [-0.3, -0.25) is 0 Å². The Bertz CT molecular complexity index is 388. The van der Waals surface area contributed by atoms with Crippen LogP contribution in [0.2, 0.25) is 5.28 Å². The van der Waals surface area contributed by atoms with Crippen LogP contribution < -0.4 is 10.1 Å². The van der Waals surface area contributed by atoms with Gasteiger partial charge in [0.1, 0.15) is 6.04 Å². The summed E-state index contributed by atoms with van der Waals surface area (Å²) in [6.07, 6.45) is 0.390. The van der Waals surface area contributed by atoms with Crippen molar-refractivity contribution in [3.8, 4) is 6.01 Å². The molecule has 0 aliphatic carbocycles. The number of hydrogen-bond donors (Lipinski definition) is 2. The first kappa shape index (κ1) is 12.4. The molecule has 0 bridgehead atoms. The van der Waals surface area contributed by atoms with Gasteiger partial charge in [0.25, 0.3) is 0 Å². The second-order valence-electron chi connectivity index (χ2n) is 2.86. The van der Waals surface area contributed by atoms with Crippen molar-refractivity contribution in [2.24, 2.45) is 0 Å². The number of aliphatic carboxylic acids is 1. The van der Waals surface area contributed by atoms with E-state index in [9.17, 15) is 4.79 Å². The van der Waals surface area contributed by atoms with Crippen LogP contribution in [0.25, 0.3) is 0 Å². The average molecular weight is 247 g/mol. The van der Waals surface area contributed by atoms with Crippen LogP contribution in [0.15, 0.2) is 0 Å². The fraction of sp³-hybridized carbons (Fsp3) is 0.500. The Morgan fingerprint density at radius 1 is 1.56 bits per heavy atom. The van der Waals surface area contributed by atoms with Crippen LogP contribution in [0, 0.1) is 0 Å². The summed E-state index contributed by atoms with van der Waals surface area (Å²) >= 11 is 5.61. The smallest absolute Gasteiger partial charge is 0.326 e. The van der Waals surface area contributed by atoms with E-state index < -0.39 is 12.0 Å². The van der Waals surface area contributed by atoms with E-state index in [1.807, 2.05) is 0 Å². The van der Waals surface area contributed by atoms with Crippen molar-refractivity contribution in [2.45, 2.75) is 19.4 Å². The van der Waals surface area contributed by atoms with Crippen LogP contribution in [-0.2, 0) is 4.79 Å². The molecule has 0 fully saturated rings. The Balaban J connectivity index is 2.87. The largest absolute Gasteiger partial charge is 0.480 e. The summed E-state index contributed by atoms with van der Waals surface area (Å²) < 4.78 is 4.78. The van der Waals surface area contributed by atoms with E-state index in [1.54, 1.807) is 6.92 Å². The standard InChI is InChI=1S/C8H11ClN4O3/c1-3-4(5(14)15)10-7-11-6(9)12-8(13-7)16-2/h4H,3H2,1-2H3,(H,14,15)(H,10,11,12,13). The number of rotatable bonds is 5. The molecule has 0 aliphatic heterocycles. The lowest BCUT2D eigenvalue weighted by Gasteiger charge is -2.12. The number of anilines is 1. The number of nitrogens with one attached hydrogen (secondary N) is 1. The van der Waals surface area contributed by atoms with Crippen molar-refractivity contribution < 1.29 is 14.6 Å². The summed E-state index contributed by atoms with van der Waals surface area (Å²) in [5.74, 6) is -0.913. The molecule has 0 saturated heterocycles. The molecule has 0 saturated carbocycles. The summed E-state index contributed by atoms with van der Waals surface area (Å²) in [7, 11) is 1.38. The third-order valence-electron chi connectivity index (χ3n) is 1.78. The molecule has 88 valence electrons. The van der Waals surface area contributed by atoms with Gasteiger partial charge in [0.2, 0.25) is 11.2 Å². The second kappa shape index (κ2) is 5.45. The zero-order valence-electron chi connectivity index (χ0n) is 8.77. The second-order valence-corrected chi connectivity index (χ2v) is 3.20. The maximum atomic E-state index is 10.8. The summed E-state index contributed by atoms with van der Waals surface area (Å²) in [6.45, 7) is 1.73. The lowest BCUT2D eigenvalue weighted by Crippen LogP contribution is -2.29. The van der Waals surface area contributed by atoms with Crippen molar-refractivity contribution in [1.29, 1.82) is 0 Å². The fourth-order valence-electron chi connectivity index (χ4n) is 0.982. The minimum atomic E-state index is -0.988. The summed E-state index contributed by atoms with van der Waals surface area (Å²) in [6, 6.07) is -0.745. The Kier molecular flexibility index (Phi) is 4.24. The van der Waals surface area contributed by atoms with Crippen molar-refractivity contribution in [1.82, 2.24) is 15.0 Å². The highest BCUT2D eigenvalue weighted by Crippen LogP contribution is 2.12. The van der Waals surface area contributed by atoms with E-state index in [4.69, 9.17) is 21.4 Å². The molecule has 1 unspecified atom stereocenters. The van der Waals surface area contributed by atoms with Gasteiger partial charge in [-0.25, -0.2) is 4.79 Å². The molecule has 1 rings (SSSR count). The highest BCUT2D eigenvalue weighted by atomic mass is 35.5. The first-order valence-electron chi connectivity index (χ1n) is 4.51. The number of carboxylic acids is 1. The SMILES string of the molecule is CCC(Nc1nc(Cl)nc(OC)n1)C(=O)O. The van der Waals surface area contributed by atoms with E-state index in [0.29, 0.717) is 6.42 Å². The molecular formula is C8H11ClN4O3. The van der Waals surface area contributed by atoms with Gasteiger partial charge in [0.15, 0.2) is 0 Å². The van der Waals surface area contributed by atoms with Crippen LogP contribution in [0.4, 0.5) is 5.95 Å². The lowest BCUT2D eigenvalue weighted by molar-refractivity contribution is -0.138. The third-order valence-corrected chi connectivity index (χ3v) is 1.95. The number of hydrogen-bond acceptors (Lipinski definition) is 6. The molecule has 0 aromatic carbocycles. The van der Waals surface area contributed by atoms with Gasteiger partial charge in [-0.2, -0.15) is 15.0 Å². The van der Waals surface area contributed by atoms with E-state index in [-0.39, 0.29) is 17.2 Å². The van der Waals surface area contributed by atoms with Crippen LogP contribution in [-0.4, -0.2) is 39.2 Å². The Morgan fingerprint density at radius 3 is 2.75 bits per heavy atom. The van der Waals surface area contributed by atoms with Gasteiger partial charge < -0.3 is 15.2 Å².